The molecule has 0 spiro atoms. The van der Waals surface area contributed by atoms with Crippen molar-refractivity contribution in [3.05, 3.63) is 30.0 Å². The molecule has 1 aliphatic carbocycles. The number of phenols is 1. The summed E-state index contributed by atoms with van der Waals surface area (Å²) in [6.45, 7) is -0.621. The SMILES string of the molecule is COc1cc(C2=COC3CC(O[C@H]4O[C@H](CO)[C@@H](O)[C@H](O)[C@H]4O)C(OC)C(O)C3C2=O)ccc1O. The number of ketones is 1. The molecular formula is C23H30O12. The van der Waals surface area contributed by atoms with Crippen LogP contribution in [0, 0.1) is 5.92 Å². The Bertz CT molecular complexity index is 948. The van der Waals surface area contributed by atoms with Crippen molar-refractivity contribution < 1.29 is 59.1 Å². The molecule has 2 heterocycles. The van der Waals surface area contributed by atoms with E-state index in [2.05, 4.69) is 0 Å². The molecule has 12 heteroatoms. The molecule has 1 aromatic carbocycles. The summed E-state index contributed by atoms with van der Waals surface area (Å²) in [6.07, 6.45) is -10.2. The molecule has 1 aromatic rings. The molecule has 1 saturated heterocycles. The van der Waals surface area contributed by atoms with Gasteiger partial charge < -0.3 is 54.3 Å². The van der Waals surface area contributed by atoms with Crippen LogP contribution in [0.5, 0.6) is 11.5 Å². The molecular weight excluding hydrogens is 468 g/mol. The minimum Gasteiger partial charge on any atom is -0.504 e. The van der Waals surface area contributed by atoms with Gasteiger partial charge in [-0.05, 0) is 17.7 Å². The molecule has 0 bridgehead atoms. The van der Waals surface area contributed by atoms with Gasteiger partial charge in [0.15, 0.2) is 23.6 Å². The fraction of sp³-hybridized carbons (Fsp3) is 0.609. The van der Waals surface area contributed by atoms with Gasteiger partial charge in [0.2, 0.25) is 0 Å². The number of carbonyl (C=O) groups is 1. The standard InChI is InChI=1S/C23H30O12/c1-31-12-5-9(3-4-11(12)25)10-8-33-13-6-14(22(32-2)19(28)16(13)17(10)26)34-23-21(30)20(29)18(27)15(7-24)35-23/h3-5,8,13-16,18-25,27-30H,6-7H2,1-2H3/t13?,14?,15-,16?,18-,19?,20+,21-,22?,23+/m1/s1. The predicted molar refractivity (Wildman–Crippen MR) is 116 cm³/mol. The van der Waals surface area contributed by atoms with E-state index in [0.29, 0.717) is 5.56 Å². The average Bonchev–Trinajstić information content (AvgIpc) is 2.85. The molecule has 0 aromatic heterocycles. The van der Waals surface area contributed by atoms with E-state index in [-0.39, 0.29) is 23.5 Å². The number of ether oxygens (including phenoxy) is 5. The summed E-state index contributed by atoms with van der Waals surface area (Å²) in [5, 5.41) is 60.6. The molecule has 10 atom stereocenters. The summed E-state index contributed by atoms with van der Waals surface area (Å²) >= 11 is 0. The second-order valence-corrected chi connectivity index (χ2v) is 8.78. The van der Waals surface area contributed by atoms with Crippen molar-refractivity contribution in [3.63, 3.8) is 0 Å². The largest absolute Gasteiger partial charge is 0.504 e. The van der Waals surface area contributed by atoms with E-state index >= 15 is 0 Å². The number of hydrogen-bond donors (Lipinski definition) is 6. The van der Waals surface area contributed by atoms with Crippen molar-refractivity contribution in [1.29, 1.82) is 0 Å². The van der Waals surface area contributed by atoms with Crippen LogP contribution in [0.15, 0.2) is 24.5 Å². The molecule has 2 aliphatic heterocycles. The highest BCUT2D eigenvalue weighted by molar-refractivity contribution is 6.22. The molecule has 5 unspecified atom stereocenters. The van der Waals surface area contributed by atoms with Crippen molar-refractivity contribution in [1.82, 2.24) is 0 Å². The van der Waals surface area contributed by atoms with Crippen LogP contribution in [0.2, 0.25) is 0 Å². The fourth-order valence-electron chi connectivity index (χ4n) is 4.84. The fourth-order valence-corrected chi connectivity index (χ4v) is 4.84. The van der Waals surface area contributed by atoms with Gasteiger partial charge >= 0.3 is 0 Å². The van der Waals surface area contributed by atoms with Gasteiger partial charge in [0.25, 0.3) is 0 Å². The van der Waals surface area contributed by atoms with Gasteiger partial charge in [-0.25, -0.2) is 0 Å². The Morgan fingerprint density at radius 3 is 2.46 bits per heavy atom. The lowest BCUT2D eigenvalue weighted by atomic mass is 9.74. The Kier molecular flexibility index (Phi) is 7.64. The van der Waals surface area contributed by atoms with Crippen molar-refractivity contribution in [2.45, 2.75) is 61.5 Å². The first kappa shape index (κ1) is 25.8. The normalized spacial score (nSPS) is 39.4. The first-order valence-electron chi connectivity index (χ1n) is 11.2. The number of rotatable bonds is 6. The van der Waals surface area contributed by atoms with Gasteiger partial charge in [-0.2, -0.15) is 0 Å². The lowest BCUT2D eigenvalue weighted by Gasteiger charge is -2.47. The number of aliphatic hydroxyl groups excluding tert-OH is 5. The quantitative estimate of drug-likeness (QED) is 0.261. The van der Waals surface area contributed by atoms with E-state index in [4.69, 9.17) is 23.7 Å². The highest BCUT2D eigenvalue weighted by Gasteiger charge is 2.53. The third kappa shape index (κ3) is 4.63. The van der Waals surface area contributed by atoms with Crippen LogP contribution in [0.1, 0.15) is 12.0 Å². The number of benzene rings is 1. The van der Waals surface area contributed by atoms with Crippen molar-refractivity contribution in [2.24, 2.45) is 5.92 Å². The van der Waals surface area contributed by atoms with Gasteiger partial charge in [-0.3, -0.25) is 4.79 Å². The summed E-state index contributed by atoms with van der Waals surface area (Å²) in [5.74, 6) is -1.31. The van der Waals surface area contributed by atoms with Crippen LogP contribution < -0.4 is 4.74 Å². The van der Waals surface area contributed by atoms with Gasteiger partial charge in [0.05, 0.1) is 43.7 Å². The molecule has 4 rings (SSSR count). The summed E-state index contributed by atoms with van der Waals surface area (Å²) in [6, 6.07) is 4.39. The van der Waals surface area contributed by atoms with Crippen LogP contribution in [0.4, 0.5) is 0 Å². The summed E-state index contributed by atoms with van der Waals surface area (Å²) in [5.41, 5.74) is 0.621. The summed E-state index contributed by atoms with van der Waals surface area (Å²) in [7, 11) is 2.71. The Morgan fingerprint density at radius 2 is 1.80 bits per heavy atom. The number of phenolic OH excluding ortho intramolecular Hbond substituents is 1. The second-order valence-electron chi connectivity index (χ2n) is 8.78. The topological polar surface area (TPSA) is 185 Å². The van der Waals surface area contributed by atoms with Crippen molar-refractivity contribution in [2.75, 3.05) is 20.8 Å². The number of aromatic hydroxyl groups is 1. The Labute approximate surface area is 200 Å². The third-order valence-electron chi connectivity index (χ3n) is 6.79. The number of aliphatic hydroxyl groups is 5. The number of Topliss-reactive ketones (excluding diaryl/α,β-unsaturated/α-hetero) is 1. The zero-order valence-corrected chi connectivity index (χ0v) is 19.1. The van der Waals surface area contributed by atoms with Gasteiger partial charge in [0, 0.05) is 13.5 Å². The highest BCUT2D eigenvalue weighted by Crippen LogP contribution is 2.40. The van der Waals surface area contributed by atoms with Crippen LogP contribution >= 0.6 is 0 Å². The molecule has 1 saturated carbocycles. The lowest BCUT2D eigenvalue weighted by Crippen LogP contribution is -2.63. The van der Waals surface area contributed by atoms with E-state index in [1.807, 2.05) is 0 Å². The predicted octanol–water partition coefficient (Wildman–Crippen LogP) is -1.71. The van der Waals surface area contributed by atoms with E-state index in [9.17, 15) is 35.4 Å². The Morgan fingerprint density at radius 1 is 1.06 bits per heavy atom. The molecule has 0 amide bonds. The Balaban J connectivity index is 1.55. The maximum atomic E-state index is 13.4. The monoisotopic (exact) mass is 498 g/mol. The van der Waals surface area contributed by atoms with Crippen LogP contribution in [-0.2, 0) is 23.7 Å². The summed E-state index contributed by atoms with van der Waals surface area (Å²) < 4.78 is 27.5. The van der Waals surface area contributed by atoms with E-state index in [1.54, 1.807) is 0 Å². The van der Waals surface area contributed by atoms with Crippen molar-refractivity contribution >= 4 is 11.4 Å². The zero-order valence-electron chi connectivity index (χ0n) is 19.1. The molecule has 3 aliphatic rings. The van der Waals surface area contributed by atoms with E-state index in [0.717, 1.165) is 0 Å². The number of hydrogen-bond acceptors (Lipinski definition) is 12. The van der Waals surface area contributed by atoms with Crippen molar-refractivity contribution in [3.8, 4) is 11.5 Å². The minimum atomic E-state index is -1.63. The second kappa shape index (κ2) is 10.4. The molecule has 194 valence electrons. The van der Waals surface area contributed by atoms with Gasteiger partial charge in [0.1, 0.15) is 36.6 Å². The van der Waals surface area contributed by atoms with Crippen LogP contribution in [-0.4, -0.2) is 112 Å². The molecule has 2 fully saturated rings. The zero-order chi connectivity index (χ0) is 25.4. The number of fused-ring (bicyclic) bond motifs is 1. The van der Waals surface area contributed by atoms with Gasteiger partial charge in [-0.15, -0.1) is 0 Å². The highest BCUT2D eigenvalue weighted by atomic mass is 16.7. The minimum absolute atomic E-state index is 0.0731. The Hall–Kier alpha value is -2.29. The molecule has 12 nitrogen and oxygen atoms in total. The van der Waals surface area contributed by atoms with Crippen LogP contribution in [0.25, 0.3) is 5.57 Å². The number of allylic oxidation sites excluding steroid dienone is 1. The third-order valence-corrected chi connectivity index (χ3v) is 6.79. The molecule has 35 heavy (non-hydrogen) atoms. The van der Waals surface area contributed by atoms with Gasteiger partial charge in [-0.1, -0.05) is 6.07 Å². The maximum Gasteiger partial charge on any atom is 0.187 e. The first-order valence-corrected chi connectivity index (χ1v) is 11.2. The average molecular weight is 498 g/mol. The maximum absolute atomic E-state index is 13.4. The van der Waals surface area contributed by atoms with Crippen LogP contribution in [0.3, 0.4) is 0 Å². The summed E-state index contributed by atoms with van der Waals surface area (Å²) in [4.78, 5) is 13.4. The smallest absolute Gasteiger partial charge is 0.187 e. The van der Waals surface area contributed by atoms with E-state index in [1.165, 1.54) is 38.7 Å². The first-order chi connectivity index (χ1) is 16.7. The molecule has 0 radical (unpaired) electrons. The lowest BCUT2D eigenvalue weighted by molar-refractivity contribution is -0.326. The van der Waals surface area contributed by atoms with E-state index < -0.39 is 73.4 Å². The number of carbonyl (C=O) groups excluding carboxylic acids is 1. The molecule has 6 N–H and O–H groups in total. The number of methoxy groups -OCH3 is 2.